The number of carbonyl (C=O) groups is 1. The Morgan fingerprint density at radius 1 is 1.35 bits per heavy atom. The van der Waals surface area contributed by atoms with Crippen LogP contribution in [0.15, 0.2) is 41.0 Å². The topological polar surface area (TPSA) is 75.6 Å². The molecule has 0 unspecified atom stereocenters. The Kier molecular flexibility index (Phi) is 5.05. The number of rotatable bonds is 4. The van der Waals surface area contributed by atoms with Gasteiger partial charge in [0.15, 0.2) is 11.5 Å². The lowest BCUT2D eigenvalue weighted by Crippen LogP contribution is -2.13. The molecule has 3 rings (SSSR count). The van der Waals surface area contributed by atoms with Crippen LogP contribution in [0.2, 0.25) is 5.02 Å². The van der Waals surface area contributed by atoms with Crippen LogP contribution in [0.3, 0.4) is 0 Å². The van der Waals surface area contributed by atoms with Crippen molar-refractivity contribution in [2.45, 2.75) is 12.7 Å². The third kappa shape index (κ3) is 4.07. The number of nitrogens with zero attached hydrogens (tertiary/aromatic N) is 3. The SMILES string of the molecule is O=C(Nc1nn(Cc2ccccc2Cl)cc1Br)c1cc(C(F)(F)F)[nH]n1. The third-order valence-electron chi connectivity index (χ3n) is 3.36. The molecule has 2 aromatic heterocycles. The van der Waals surface area contributed by atoms with Gasteiger partial charge in [0.05, 0.1) is 11.0 Å². The van der Waals surface area contributed by atoms with Gasteiger partial charge in [0.2, 0.25) is 0 Å². The van der Waals surface area contributed by atoms with Gasteiger partial charge < -0.3 is 5.32 Å². The summed E-state index contributed by atoms with van der Waals surface area (Å²) in [5.74, 6) is -0.668. The monoisotopic (exact) mass is 447 g/mol. The number of alkyl halides is 3. The Morgan fingerprint density at radius 2 is 2.08 bits per heavy atom. The first-order valence-corrected chi connectivity index (χ1v) is 8.31. The van der Waals surface area contributed by atoms with Crippen molar-refractivity contribution in [2.75, 3.05) is 5.32 Å². The molecule has 0 saturated carbocycles. The molecule has 0 aliphatic rings. The minimum absolute atomic E-state index is 0.151. The van der Waals surface area contributed by atoms with E-state index in [0.29, 0.717) is 22.1 Å². The van der Waals surface area contributed by atoms with Gasteiger partial charge >= 0.3 is 6.18 Å². The molecule has 0 atom stereocenters. The first kappa shape index (κ1) is 18.5. The van der Waals surface area contributed by atoms with Crippen molar-refractivity contribution in [3.8, 4) is 0 Å². The van der Waals surface area contributed by atoms with Crippen molar-refractivity contribution in [1.82, 2.24) is 20.0 Å². The third-order valence-corrected chi connectivity index (χ3v) is 4.30. The zero-order chi connectivity index (χ0) is 18.9. The summed E-state index contributed by atoms with van der Waals surface area (Å²) in [6.07, 6.45) is -2.99. The van der Waals surface area contributed by atoms with Gasteiger partial charge in [-0.2, -0.15) is 23.4 Å². The molecule has 136 valence electrons. The number of benzene rings is 1. The highest BCUT2D eigenvalue weighted by atomic mass is 79.9. The number of hydrogen-bond acceptors (Lipinski definition) is 3. The van der Waals surface area contributed by atoms with Crippen LogP contribution >= 0.6 is 27.5 Å². The molecule has 0 bridgehead atoms. The second kappa shape index (κ2) is 7.12. The molecule has 6 nitrogen and oxygen atoms in total. The standard InChI is InChI=1S/C15H10BrClF3N5O/c16-9-7-25(6-8-3-1-2-4-10(8)17)24-13(9)21-14(26)11-5-12(23-22-11)15(18,19)20/h1-5,7H,6H2,(H,22,23)(H,21,24,26). The average molecular weight is 449 g/mol. The van der Waals surface area contributed by atoms with Crippen molar-refractivity contribution in [2.24, 2.45) is 0 Å². The van der Waals surface area contributed by atoms with Gasteiger partial charge in [-0.05, 0) is 27.6 Å². The Hall–Kier alpha value is -2.33. The molecule has 0 radical (unpaired) electrons. The molecule has 26 heavy (non-hydrogen) atoms. The number of amides is 1. The van der Waals surface area contributed by atoms with Crippen LogP contribution in [-0.4, -0.2) is 25.9 Å². The van der Waals surface area contributed by atoms with Gasteiger partial charge in [-0.3, -0.25) is 14.6 Å². The zero-order valence-corrected chi connectivity index (χ0v) is 15.2. The van der Waals surface area contributed by atoms with Crippen molar-refractivity contribution in [3.63, 3.8) is 0 Å². The van der Waals surface area contributed by atoms with Gasteiger partial charge in [-0.1, -0.05) is 29.8 Å². The van der Waals surface area contributed by atoms with E-state index in [9.17, 15) is 18.0 Å². The largest absolute Gasteiger partial charge is 0.432 e. The number of anilines is 1. The number of carbonyl (C=O) groups excluding carboxylic acids is 1. The highest BCUT2D eigenvalue weighted by Gasteiger charge is 2.34. The normalized spacial score (nSPS) is 11.6. The molecule has 3 aromatic rings. The van der Waals surface area contributed by atoms with Crippen LogP contribution < -0.4 is 5.32 Å². The first-order chi connectivity index (χ1) is 12.2. The Balaban J connectivity index is 1.74. The minimum atomic E-state index is -4.61. The number of aromatic nitrogens is 4. The highest BCUT2D eigenvalue weighted by Crippen LogP contribution is 2.28. The number of nitrogens with one attached hydrogen (secondary N) is 2. The molecular weight excluding hydrogens is 439 g/mol. The predicted octanol–water partition coefficient (Wildman–Crippen LogP) is 4.34. The van der Waals surface area contributed by atoms with E-state index in [1.807, 2.05) is 12.1 Å². The van der Waals surface area contributed by atoms with Crippen molar-refractivity contribution in [3.05, 3.63) is 63.0 Å². The number of hydrogen-bond donors (Lipinski definition) is 2. The van der Waals surface area contributed by atoms with E-state index in [4.69, 9.17) is 11.6 Å². The van der Waals surface area contributed by atoms with E-state index in [1.54, 1.807) is 23.4 Å². The summed E-state index contributed by atoms with van der Waals surface area (Å²) >= 11 is 9.35. The van der Waals surface area contributed by atoms with E-state index >= 15 is 0 Å². The van der Waals surface area contributed by atoms with E-state index in [0.717, 1.165) is 5.56 Å². The maximum Gasteiger partial charge on any atom is 0.432 e. The fraction of sp³-hybridized carbons (Fsp3) is 0.133. The Morgan fingerprint density at radius 3 is 2.73 bits per heavy atom. The summed E-state index contributed by atoms with van der Waals surface area (Å²) in [5.41, 5.74) is -0.681. The maximum absolute atomic E-state index is 12.6. The van der Waals surface area contributed by atoms with Gasteiger partial charge in [-0.15, -0.1) is 0 Å². The number of halogens is 5. The van der Waals surface area contributed by atoms with E-state index in [2.05, 4.69) is 31.4 Å². The van der Waals surface area contributed by atoms with Crippen LogP contribution in [-0.2, 0) is 12.7 Å². The zero-order valence-electron chi connectivity index (χ0n) is 12.8. The summed E-state index contributed by atoms with van der Waals surface area (Å²) in [4.78, 5) is 12.1. The average Bonchev–Trinajstić information content (AvgIpc) is 3.17. The quantitative estimate of drug-likeness (QED) is 0.623. The summed E-state index contributed by atoms with van der Waals surface area (Å²) in [7, 11) is 0. The summed E-state index contributed by atoms with van der Waals surface area (Å²) in [5, 5.41) is 12.3. The van der Waals surface area contributed by atoms with Crippen molar-refractivity contribution in [1.29, 1.82) is 0 Å². The minimum Gasteiger partial charge on any atom is -0.303 e. The smallest absolute Gasteiger partial charge is 0.303 e. The van der Waals surface area contributed by atoms with Crippen LogP contribution in [0, 0.1) is 0 Å². The number of H-pyrrole nitrogens is 1. The fourth-order valence-corrected chi connectivity index (χ4v) is 2.73. The van der Waals surface area contributed by atoms with Gasteiger partial charge in [0.25, 0.3) is 5.91 Å². The number of aromatic amines is 1. The molecule has 11 heteroatoms. The van der Waals surface area contributed by atoms with Crippen LogP contribution in [0.5, 0.6) is 0 Å². The predicted molar refractivity (Wildman–Crippen MR) is 92.0 cm³/mol. The van der Waals surface area contributed by atoms with Crippen molar-refractivity contribution < 1.29 is 18.0 Å². The maximum atomic E-state index is 12.6. The van der Waals surface area contributed by atoms with Crippen LogP contribution in [0.4, 0.5) is 19.0 Å². The second-order valence-electron chi connectivity index (χ2n) is 5.23. The van der Waals surface area contributed by atoms with Gasteiger partial charge in [-0.25, -0.2) is 0 Å². The molecule has 2 N–H and O–H groups in total. The Labute approximate surface area is 158 Å². The Bertz CT molecular complexity index is 953. The molecule has 0 fully saturated rings. The van der Waals surface area contributed by atoms with Gasteiger partial charge in [0.1, 0.15) is 5.69 Å². The van der Waals surface area contributed by atoms with E-state index < -0.39 is 23.5 Å². The molecule has 2 heterocycles. The van der Waals surface area contributed by atoms with Crippen LogP contribution in [0.1, 0.15) is 21.7 Å². The lowest BCUT2D eigenvalue weighted by atomic mass is 10.2. The van der Waals surface area contributed by atoms with E-state index in [1.165, 1.54) is 4.68 Å². The molecule has 0 aliphatic heterocycles. The lowest BCUT2D eigenvalue weighted by molar-refractivity contribution is -0.141. The molecule has 1 amide bonds. The summed E-state index contributed by atoms with van der Waals surface area (Å²) in [6, 6.07) is 7.84. The molecule has 0 spiro atoms. The first-order valence-electron chi connectivity index (χ1n) is 7.14. The molecule has 0 aliphatic carbocycles. The summed E-state index contributed by atoms with van der Waals surface area (Å²) in [6.45, 7) is 0.356. The molecule has 0 saturated heterocycles. The fourth-order valence-electron chi connectivity index (χ4n) is 2.12. The highest BCUT2D eigenvalue weighted by molar-refractivity contribution is 9.10. The van der Waals surface area contributed by atoms with Gasteiger partial charge in [0, 0.05) is 17.3 Å². The second-order valence-corrected chi connectivity index (χ2v) is 6.49. The molecule has 1 aromatic carbocycles. The van der Waals surface area contributed by atoms with Crippen LogP contribution in [0.25, 0.3) is 0 Å². The lowest BCUT2D eigenvalue weighted by Gasteiger charge is -2.04. The van der Waals surface area contributed by atoms with E-state index in [-0.39, 0.29) is 5.82 Å². The summed E-state index contributed by atoms with van der Waals surface area (Å²) < 4.78 is 39.7. The van der Waals surface area contributed by atoms with Crippen molar-refractivity contribution >= 4 is 39.3 Å². The molecular formula is C15H10BrClF3N5O.